The fraction of sp³-hybridized carbons (Fsp3) is 0.348. The van der Waals surface area contributed by atoms with Gasteiger partial charge in [0.2, 0.25) is 5.66 Å². The smallest absolute Gasteiger partial charge is 0.409 e. The first kappa shape index (κ1) is 22.1. The Hall–Kier alpha value is -3.55. The number of aliphatic carboxylic acids is 1. The monoisotopic (exact) mass is 426 g/mol. The van der Waals surface area contributed by atoms with Gasteiger partial charge in [0.05, 0.1) is 0 Å². The standard InChI is InChI=1S/C23H26N2O6/c1-22(2,3)31-21(29)25-23(4,19(26)27)24-20(28)30-13-18-16-11-7-5-9-14(16)15-10-6-8-12-17(15)18/h5-12,18H,13H2,1-4H3,(H,24,28)(H,25,29)(H,26,27). The second-order valence-electron chi connectivity index (χ2n) is 8.51. The van der Waals surface area contributed by atoms with Crippen molar-refractivity contribution in [2.75, 3.05) is 6.61 Å². The van der Waals surface area contributed by atoms with Crippen molar-refractivity contribution in [2.24, 2.45) is 0 Å². The Bertz CT molecular complexity index is 968. The van der Waals surface area contributed by atoms with E-state index in [2.05, 4.69) is 10.6 Å². The summed E-state index contributed by atoms with van der Waals surface area (Å²) >= 11 is 0. The van der Waals surface area contributed by atoms with E-state index in [1.807, 2.05) is 48.5 Å². The average molecular weight is 426 g/mol. The van der Waals surface area contributed by atoms with Gasteiger partial charge in [0.15, 0.2) is 0 Å². The van der Waals surface area contributed by atoms with Crippen LogP contribution in [0.25, 0.3) is 11.1 Å². The van der Waals surface area contributed by atoms with Gasteiger partial charge in [0, 0.05) is 5.92 Å². The van der Waals surface area contributed by atoms with Crippen LogP contribution in [-0.4, -0.2) is 41.1 Å². The van der Waals surface area contributed by atoms with Crippen LogP contribution in [0.2, 0.25) is 0 Å². The molecule has 1 aliphatic rings. The first-order chi connectivity index (χ1) is 14.5. The molecule has 1 atom stereocenters. The van der Waals surface area contributed by atoms with Gasteiger partial charge in [-0.1, -0.05) is 48.5 Å². The molecule has 2 aromatic rings. The summed E-state index contributed by atoms with van der Waals surface area (Å²) in [6.45, 7) is 6.08. The highest BCUT2D eigenvalue weighted by Gasteiger charge is 2.39. The lowest BCUT2D eigenvalue weighted by molar-refractivity contribution is -0.145. The molecule has 3 rings (SSSR count). The number of carboxylic acid groups (broad SMARTS) is 1. The van der Waals surface area contributed by atoms with E-state index >= 15 is 0 Å². The summed E-state index contributed by atoms with van der Waals surface area (Å²) in [4.78, 5) is 36.1. The number of carbonyl (C=O) groups excluding carboxylic acids is 2. The number of carbonyl (C=O) groups is 3. The maximum Gasteiger partial charge on any atom is 0.409 e. The number of alkyl carbamates (subject to hydrolysis) is 2. The van der Waals surface area contributed by atoms with Gasteiger partial charge in [-0.15, -0.1) is 0 Å². The van der Waals surface area contributed by atoms with Crippen LogP contribution in [0.3, 0.4) is 0 Å². The molecule has 2 aromatic carbocycles. The minimum absolute atomic E-state index is 0.0159. The highest BCUT2D eigenvalue weighted by atomic mass is 16.6. The molecular weight excluding hydrogens is 400 g/mol. The Morgan fingerprint density at radius 2 is 1.35 bits per heavy atom. The molecular formula is C23H26N2O6. The van der Waals surface area contributed by atoms with Gasteiger partial charge in [-0.05, 0) is 49.9 Å². The third-order valence-corrected chi connectivity index (χ3v) is 4.87. The van der Waals surface area contributed by atoms with Crippen molar-refractivity contribution >= 4 is 18.2 Å². The molecule has 0 bridgehead atoms. The number of amides is 2. The zero-order valence-corrected chi connectivity index (χ0v) is 17.9. The van der Waals surface area contributed by atoms with Gasteiger partial charge in [-0.25, -0.2) is 14.4 Å². The number of benzene rings is 2. The molecule has 2 amide bonds. The first-order valence-corrected chi connectivity index (χ1v) is 9.88. The lowest BCUT2D eigenvalue weighted by Gasteiger charge is -2.29. The van der Waals surface area contributed by atoms with Crippen molar-refractivity contribution < 1.29 is 29.0 Å². The first-order valence-electron chi connectivity index (χ1n) is 9.88. The molecule has 0 radical (unpaired) electrons. The number of hydrogen-bond acceptors (Lipinski definition) is 5. The topological polar surface area (TPSA) is 114 Å². The molecule has 1 unspecified atom stereocenters. The minimum atomic E-state index is -2.11. The van der Waals surface area contributed by atoms with E-state index in [-0.39, 0.29) is 12.5 Å². The third kappa shape index (κ3) is 4.96. The van der Waals surface area contributed by atoms with Crippen LogP contribution in [-0.2, 0) is 14.3 Å². The zero-order chi connectivity index (χ0) is 22.8. The summed E-state index contributed by atoms with van der Waals surface area (Å²) in [6.07, 6.45) is -1.95. The number of nitrogens with one attached hydrogen (secondary N) is 2. The van der Waals surface area contributed by atoms with Gasteiger partial charge < -0.3 is 14.6 Å². The maximum atomic E-state index is 12.4. The Labute approximate surface area is 180 Å². The van der Waals surface area contributed by atoms with Crippen molar-refractivity contribution in [3.05, 3.63) is 59.7 Å². The molecule has 0 fully saturated rings. The lowest BCUT2D eigenvalue weighted by atomic mass is 9.98. The van der Waals surface area contributed by atoms with Crippen LogP contribution in [0.4, 0.5) is 9.59 Å². The molecule has 0 spiro atoms. The summed E-state index contributed by atoms with van der Waals surface area (Å²) in [5.74, 6) is -1.64. The summed E-state index contributed by atoms with van der Waals surface area (Å²) in [6, 6.07) is 15.7. The predicted octanol–water partition coefficient (Wildman–Crippen LogP) is 3.85. The number of rotatable bonds is 5. The Kier molecular flexibility index (Phi) is 5.92. The van der Waals surface area contributed by atoms with Crippen LogP contribution >= 0.6 is 0 Å². The molecule has 164 valence electrons. The van der Waals surface area contributed by atoms with Crippen molar-refractivity contribution in [2.45, 2.75) is 44.9 Å². The van der Waals surface area contributed by atoms with Crippen LogP contribution in [0.1, 0.15) is 44.7 Å². The molecule has 1 aliphatic carbocycles. The van der Waals surface area contributed by atoms with E-state index in [1.165, 1.54) is 0 Å². The van der Waals surface area contributed by atoms with Crippen molar-refractivity contribution in [3.8, 4) is 11.1 Å². The molecule has 8 nitrogen and oxygen atoms in total. The molecule has 0 heterocycles. The summed E-state index contributed by atoms with van der Waals surface area (Å²) < 4.78 is 10.4. The fourth-order valence-electron chi connectivity index (χ4n) is 3.48. The van der Waals surface area contributed by atoms with E-state index in [0.29, 0.717) is 0 Å². The van der Waals surface area contributed by atoms with E-state index in [0.717, 1.165) is 29.2 Å². The Morgan fingerprint density at radius 3 is 1.84 bits per heavy atom. The van der Waals surface area contributed by atoms with Crippen LogP contribution in [0.15, 0.2) is 48.5 Å². The highest BCUT2D eigenvalue weighted by molar-refractivity contribution is 5.87. The molecule has 0 saturated heterocycles. The predicted molar refractivity (Wildman–Crippen MR) is 114 cm³/mol. The van der Waals surface area contributed by atoms with Gasteiger partial charge in [-0.3, -0.25) is 10.6 Å². The van der Waals surface area contributed by atoms with Crippen LogP contribution in [0.5, 0.6) is 0 Å². The molecule has 3 N–H and O–H groups in total. The molecule has 8 heteroatoms. The molecule has 31 heavy (non-hydrogen) atoms. The van der Waals surface area contributed by atoms with E-state index < -0.39 is 29.4 Å². The van der Waals surface area contributed by atoms with Crippen LogP contribution < -0.4 is 10.6 Å². The van der Waals surface area contributed by atoms with Crippen molar-refractivity contribution in [3.63, 3.8) is 0 Å². The Morgan fingerprint density at radius 1 is 0.871 bits per heavy atom. The highest BCUT2D eigenvalue weighted by Crippen LogP contribution is 2.44. The largest absolute Gasteiger partial charge is 0.478 e. The SMILES string of the molecule is CC(C)(C)OC(=O)NC(C)(NC(=O)OCC1c2ccccc2-c2ccccc21)C(=O)O. The number of ether oxygens (including phenoxy) is 2. The van der Waals surface area contributed by atoms with Crippen molar-refractivity contribution in [1.82, 2.24) is 10.6 Å². The van der Waals surface area contributed by atoms with Crippen LogP contribution in [0, 0.1) is 0 Å². The van der Waals surface area contributed by atoms with Crippen molar-refractivity contribution in [1.29, 1.82) is 0 Å². The number of carboxylic acids is 1. The summed E-state index contributed by atoms with van der Waals surface area (Å²) in [7, 11) is 0. The second-order valence-corrected chi connectivity index (χ2v) is 8.51. The molecule has 0 aliphatic heterocycles. The van der Waals surface area contributed by atoms with E-state index in [1.54, 1.807) is 20.8 Å². The third-order valence-electron chi connectivity index (χ3n) is 4.87. The van der Waals surface area contributed by atoms with Gasteiger partial charge >= 0.3 is 18.2 Å². The zero-order valence-electron chi connectivity index (χ0n) is 17.9. The lowest BCUT2D eigenvalue weighted by Crippen LogP contribution is -2.64. The van der Waals surface area contributed by atoms with E-state index in [9.17, 15) is 19.5 Å². The summed E-state index contributed by atoms with van der Waals surface area (Å²) in [5.41, 5.74) is 1.29. The van der Waals surface area contributed by atoms with E-state index in [4.69, 9.17) is 9.47 Å². The summed E-state index contributed by atoms with van der Waals surface area (Å²) in [5, 5.41) is 13.9. The van der Waals surface area contributed by atoms with Gasteiger partial charge in [0.25, 0.3) is 0 Å². The quantitative estimate of drug-likeness (QED) is 0.626. The molecule has 0 saturated carbocycles. The van der Waals surface area contributed by atoms with Gasteiger partial charge in [0.1, 0.15) is 12.2 Å². The number of hydrogen-bond donors (Lipinski definition) is 3. The Balaban J connectivity index is 1.69. The second kappa shape index (κ2) is 8.29. The van der Waals surface area contributed by atoms with Gasteiger partial charge in [-0.2, -0.15) is 0 Å². The number of fused-ring (bicyclic) bond motifs is 3. The average Bonchev–Trinajstić information content (AvgIpc) is 2.98. The molecule has 0 aromatic heterocycles. The normalized spacial score (nSPS) is 14.6. The minimum Gasteiger partial charge on any atom is -0.478 e. The maximum absolute atomic E-state index is 12.4. The fourth-order valence-corrected chi connectivity index (χ4v) is 3.48.